The van der Waals surface area contributed by atoms with E-state index in [1.807, 2.05) is 6.20 Å². The van der Waals surface area contributed by atoms with Gasteiger partial charge in [-0.05, 0) is 37.7 Å². The molecule has 3 fully saturated rings. The van der Waals surface area contributed by atoms with Crippen LogP contribution in [-0.4, -0.2) is 56.6 Å². The van der Waals surface area contributed by atoms with E-state index >= 15 is 0 Å². The van der Waals surface area contributed by atoms with Crippen LogP contribution in [0.15, 0.2) is 35.9 Å². The molecule has 1 aliphatic carbocycles. The van der Waals surface area contributed by atoms with Gasteiger partial charge in [-0.3, -0.25) is 9.59 Å². The van der Waals surface area contributed by atoms with Gasteiger partial charge >= 0.3 is 6.09 Å². The Morgan fingerprint density at radius 3 is 2.39 bits per heavy atom. The van der Waals surface area contributed by atoms with Crippen LogP contribution in [0.1, 0.15) is 38.5 Å². The topological polar surface area (TPSA) is 108 Å². The number of ether oxygens (including phenoxy) is 1. The van der Waals surface area contributed by atoms with Crippen molar-refractivity contribution in [1.82, 2.24) is 19.9 Å². The molecule has 2 atom stereocenters. The summed E-state index contributed by atoms with van der Waals surface area (Å²) in [6.45, 7) is 1.28. The molecular formula is C23H27N5O4S. The number of imide groups is 1. The van der Waals surface area contributed by atoms with Crippen molar-refractivity contribution in [3.63, 3.8) is 0 Å². The number of likely N-dealkylation sites (tertiary alicyclic amines) is 1. The molecule has 33 heavy (non-hydrogen) atoms. The molecule has 3 amide bonds. The second-order valence-corrected chi connectivity index (χ2v) is 9.88. The Morgan fingerprint density at radius 2 is 1.79 bits per heavy atom. The number of rotatable bonds is 5. The zero-order chi connectivity index (χ0) is 22.8. The Balaban J connectivity index is 1.13. The van der Waals surface area contributed by atoms with Crippen LogP contribution in [0, 0.1) is 17.8 Å². The molecule has 5 rings (SSSR count). The fraction of sp³-hybridized carbons (Fsp3) is 0.522. The van der Waals surface area contributed by atoms with E-state index in [1.54, 1.807) is 35.0 Å². The number of carbonyl (C=O) groups excluding carboxylic acids is 3. The number of nitrogens with one attached hydrogen (secondary N) is 1. The number of nitrogens with zero attached hydrogens (tertiary/aromatic N) is 4. The first-order valence-electron chi connectivity index (χ1n) is 11.5. The van der Waals surface area contributed by atoms with Gasteiger partial charge in [0.2, 0.25) is 17.7 Å². The molecule has 1 saturated carbocycles. The molecule has 0 spiro atoms. The van der Waals surface area contributed by atoms with Crippen molar-refractivity contribution in [2.45, 2.75) is 43.7 Å². The fourth-order valence-electron chi connectivity index (χ4n) is 4.94. The minimum Gasteiger partial charge on any atom is -0.391 e. The van der Waals surface area contributed by atoms with Crippen molar-refractivity contribution in [3.05, 3.63) is 30.7 Å². The van der Waals surface area contributed by atoms with Gasteiger partial charge in [-0.15, -0.1) is 0 Å². The van der Waals surface area contributed by atoms with Crippen molar-refractivity contribution < 1.29 is 19.1 Å². The lowest BCUT2D eigenvalue weighted by atomic mass is 9.81. The zero-order valence-electron chi connectivity index (χ0n) is 18.3. The summed E-state index contributed by atoms with van der Waals surface area (Å²) in [6.07, 6.45) is 9.92. The molecule has 9 nitrogen and oxygen atoms in total. The number of imidazole rings is 1. The molecule has 4 heterocycles. The number of thioether (sulfide) groups is 1. The van der Waals surface area contributed by atoms with Crippen molar-refractivity contribution in [2.24, 2.45) is 17.8 Å². The third-order valence-electron chi connectivity index (χ3n) is 6.81. The summed E-state index contributed by atoms with van der Waals surface area (Å²) < 4.78 is 5.44. The third kappa shape index (κ3) is 4.62. The van der Waals surface area contributed by atoms with Crippen LogP contribution in [0.5, 0.6) is 5.88 Å². The highest BCUT2D eigenvalue weighted by molar-refractivity contribution is 7.99. The largest absolute Gasteiger partial charge is 0.416 e. The van der Waals surface area contributed by atoms with Gasteiger partial charge in [0.15, 0.2) is 5.16 Å². The van der Waals surface area contributed by atoms with Gasteiger partial charge < -0.3 is 14.6 Å². The highest BCUT2D eigenvalue weighted by atomic mass is 32.2. The van der Waals surface area contributed by atoms with Crippen LogP contribution >= 0.6 is 11.8 Å². The highest BCUT2D eigenvalue weighted by Crippen LogP contribution is 2.40. The van der Waals surface area contributed by atoms with Gasteiger partial charge in [-0.1, -0.05) is 24.6 Å². The predicted molar refractivity (Wildman–Crippen MR) is 122 cm³/mol. The number of carbonyl (C=O) groups is 3. The number of pyridine rings is 1. The SMILES string of the molecule is O=C(Oc1ccc(N2C(=O)C3CCCCC3C2=O)cn1)N1CCC(CSc2ncc[nH]2)CC1. The number of hydrogen-bond donors (Lipinski definition) is 1. The highest BCUT2D eigenvalue weighted by Gasteiger charge is 2.48. The fourth-order valence-corrected chi connectivity index (χ4v) is 5.96. The standard InChI is InChI=1S/C23H27N5O4S/c29-20-17-3-1-2-4-18(17)21(30)28(20)16-5-6-19(26-13-16)32-23(31)27-11-7-15(8-12-27)14-33-22-24-9-10-25-22/h5-6,9-10,13,15,17-18H,1-4,7-8,11-12,14H2,(H,24,25). The maximum Gasteiger partial charge on any atom is 0.416 e. The van der Waals surface area contributed by atoms with Crippen molar-refractivity contribution in [1.29, 1.82) is 0 Å². The molecule has 0 radical (unpaired) electrons. The maximum absolute atomic E-state index is 12.7. The average molecular weight is 470 g/mol. The average Bonchev–Trinajstić information content (AvgIpc) is 3.46. The summed E-state index contributed by atoms with van der Waals surface area (Å²) in [7, 11) is 0. The lowest BCUT2D eigenvalue weighted by molar-refractivity contribution is -0.122. The Labute approximate surface area is 196 Å². The summed E-state index contributed by atoms with van der Waals surface area (Å²) in [6, 6.07) is 3.17. The molecule has 0 bridgehead atoms. The third-order valence-corrected chi connectivity index (χ3v) is 7.95. The van der Waals surface area contributed by atoms with E-state index in [0.717, 1.165) is 49.4 Å². The Morgan fingerprint density at radius 1 is 1.06 bits per heavy atom. The molecule has 10 heteroatoms. The lowest BCUT2D eigenvalue weighted by Crippen LogP contribution is -2.40. The van der Waals surface area contributed by atoms with Gasteiger partial charge in [-0.25, -0.2) is 19.7 Å². The maximum atomic E-state index is 12.7. The Bertz CT molecular complexity index is 980. The monoisotopic (exact) mass is 469 g/mol. The van der Waals surface area contributed by atoms with Crippen LogP contribution in [0.4, 0.5) is 10.5 Å². The molecule has 0 aromatic carbocycles. The van der Waals surface area contributed by atoms with Crippen LogP contribution in [-0.2, 0) is 9.59 Å². The number of H-pyrrole nitrogens is 1. The molecule has 2 saturated heterocycles. The first-order valence-corrected chi connectivity index (χ1v) is 12.5. The molecule has 2 aromatic rings. The zero-order valence-corrected chi connectivity index (χ0v) is 19.1. The molecular weight excluding hydrogens is 442 g/mol. The summed E-state index contributed by atoms with van der Waals surface area (Å²) in [5.74, 6) is 0.980. The van der Waals surface area contributed by atoms with E-state index in [1.165, 1.54) is 11.1 Å². The first-order chi connectivity index (χ1) is 16.1. The van der Waals surface area contributed by atoms with E-state index < -0.39 is 6.09 Å². The van der Waals surface area contributed by atoms with Gasteiger partial charge in [0.1, 0.15) is 0 Å². The quantitative estimate of drug-likeness (QED) is 0.527. The normalized spacial score (nSPS) is 23.6. The summed E-state index contributed by atoms with van der Waals surface area (Å²) >= 11 is 1.70. The smallest absolute Gasteiger partial charge is 0.391 e. The number of fused-ring (bicyclic) bond motifs is 1. The van der Waals surface area contributed by atoms with Crippen LogP contribution in [0.3, 0.4) is 0 Å². The van der Waals surface area contributed by atoms with Crippen molar-refractivity contribution in [2.75, 3.05) is 23.7 Å². The van der Waals surface area contributed by atoms with Crippen LogP contribution in [0.2, 0.25) is 0 Å². The number of amides is 3. The number of aromatic amines is 1. The second-order valence-electron chi connectivity index (χ2n) is 8.87. The van der Waals surface area contributed by atoms with Crippen LogP contribution < -0.4 is 9.64 Å². The van der Waals surface area contributed by atoms with Crippen molar-refractivity contribution in [3.8, 4) is 5.88 Å². The molecule has 3 aliphatic rings. The summed E-state index contributed by atoms with van der Waals surface area (Å²) in [5.41, 5.74) is 0.439. The van der Waals surface area contributed by atoms with E-state index in [2.05, 4.69) is 15.0 Å². The Hall–Kier alpha value is -2.88. The first kappa shape index (κ1) is 21.9. The summed E-state index contributed by atoms with van der Waals surface area (Å²) in [4.78, 5) is 52.5. The summed E-state index contributed by atoms with van der Waals surface area (Å²) in [5, 5.41) is 0.919. The van der Waals surface area contributed by atoms with E-state index in [4.69, 9.17) is 4.74 Å². The van der Waals surface area contributed by atoms with E-state index in [9.17, 15) is 14.4 Å². The van der Waals surface area contributed by atoms with Gasteiger partial charge in [-0.2, -0.15) is 0 Å². The van der Waals surface area contributed by atoms with Crippen molar-refractivity contribution >= 4 is 35.4 Å². The molecule has 2 unspecified atom stereocenters. The number of hydrogen-bond acceptors (Lipinski definition) is 7. The van der Waals surface area contributed by atoms with Gasteiger partial charge in [0.25, 0.3) is 0 Å². The number of anilines is 1. The molecule has 2 aliphatic heterocycles. The van der Waals surface area contributed by atoms with Gasteiger partial charge in [0.05, 0.1) is 23.7 Å². The minimum absolute atomic E-state index is 0.135. The minimum atomic E-state index is -0.424. The number of piperidine rings is 1. The molecule has 1 N–H and O–H groups in total. The lowest BCUT2D eigenvalue weighted by Gasteiger charge is -2.30. The molecule has 174 valence electrons. The van der Waals surface area contributed by atoms with E-state index in [-0.39, 0.29) is 29.5 Å². The number of aromatic nitrogens is 3. The Kier molecular flexibility index (Phi) is 6.34. The molecule has 2 aromatic heterocycles. The van der Waals surface area contributed by atoms with Crippen LogP contribution in [0.25, 0.3) is 0 Å². The van der Waals surface area contributed by atoms with E-state index in [0.29, 0.717) is 24.7 Å². The predicted octanol–water partition coefficient (Wildman–Crippen LogP) is 3.49. The van der Waals surface area contributed by atoms with Gasteiger partial charge in [0, 0.05) is 37.3 Å². The second kappa shape index (κ2) is 9.54.